The Morgan fingerprint density at radius 3 is 2.56 bits per heavy atom. The molecule has 144 valence electrons. The van der Waals surface area contributed by atoms with E-state index in [1.54, 1.807) is 30.3 Å². The first kappa shape index (κ1) is 19.7. The Morgan fingerprint density at radius 1 is 1.26 bits per heavy atom. The molecule has 1 fully saturated rings. The fourth-order valence-corrected chi connectivity index (χ4v) is 3.86. The Labute approximate surface area is 169 Å². The second-order valence-corrected chi connectivity index (χ2v) is 7.51. The van der Waals surface area contributed by atoms with Crippen molar-refractivity contribution in [2.45, 2.75) is 19.4 Å². The van der Waals surface area contributed by atoms with E-state index in [0.717, 1.165) is 31.5 Å². The van der Waals surface area contributed by atoms with Crippen LogP contribution in [0.4, 0.5) is 5.95 Å². The maximum Gasteiger partial charge on any atom is 0.228 e. The summed E-state index contributed by atoms with van der Waals surface area (Å²) in [6, 6.07) is 7.07. The zero-order valence-electron chi connectivity index (χ0n) is 15.4. The van der Waals surface area contributed by atoms with Gasteiger partial charge < -0.3 is 14.5 Å². The van der Waals surface area contributed by atoms with Crippen molar-refractivity contribution < 1.29 is 9.53 Å². The van der Waals surface area contributed by atoms with Crippen molar-refractivity contribution >= 4 is 35.1 Å². The average molecular weight is 409 g/mol. The highest BCUT2D eigenvalue weighted by Crippen LogP contribution is 2.25. The second-order valence-electron chi connectivity index (χ2n) is 6.63. The fourth-order valence-electron chi connectivity index (χ4n) is 3.29. The second kappa shape index (κ2) is 8.76. The number of rotatable bonds is 5. The van der Waals surface area contributed by atoms with Gasteiger partial charge in [-0.1, -0.05) is 23.2 Å². The maximum absolute atomic E-state index is 12.8. The summed E-state index contributed by atoms with van der Waals surface area (Å²) >= 11 is 12.1. The molecule has 0 spiro atoms. The van der Waals surface area contributed by atoms with Crippen molar-refractivity contribution in [1.29, 1.82) is 0 Å². The molecule has 2 aromatic rings. The number of carbonyl (C=O) groups is 1. The molecule has 0 N–H and O–H groups in total. The number of ether oxygens (including phenoxy) is 1. The summed E-state index contributed by atoms with van der Waals surface area (Å²) in [5.74, 6) is 1.31. The zero-order valence-corrected chi connectivity index (χ0v) is 16.9. The molecule has 0 saturated carbocycles. The van der Waals surface area contributed by atoms with Crippen molar-refractivity contribution in [3.8, 4) is 5.88 Å². The fraction of sp³-hybridized carbons (Fsp3) is 0.421. The first-order valence-electron chi connectivity index (χ1n) is 8.78. The minimum Gasteiger partial charge on any atom is -0.481 e. The molecule has 1 amide bonds. The van der Waals surface area contributed by atoms with Gasteiger partial charge in [-0.15, -0.1) is 0 Å². The number of nitrogens with zero attached hydrogens (tertiary/aromatic N) is 4. The third kappa shape index (κ3) is 5.02. The number of hydrogen-bond donors (Lipinski definition) is 0. The Morgan fingerprint density at radius 2 is 1.93 bits per heavy atom. The number of anilines is 1. The first-order valence-corrected chi connectivity index (χ1v) is 9.54. The summed E-state index contributed by atoms with van der Waals surface area (Å²) in [6.07, 6.45) is 3.21. The van der Waals surface area contributed by atoms with E-state index < -0.39 is 0 Å². The van der Waals surface area contributed by atoms with Gasteiger partial charge >= 0.3 is 0 Å². The molecule has 27 heavy (non-hydrogen) atoms. The molecule has 1 aromatic carbocycles. The zero-order chi connectivity index (χ0) is 19.4. The molecule has 0 radical (unpaired) electrons. The van der Waals surface area contributed by atoms with Crippen LogP contribution in [-0.2, 0) is 11.3 Å². The Balaban J connectivity index is 1.57. The minimum atomic E-state index is -0.00786. The lowest BCUT2D eigenvalue weighted by atomic mass is 9.95. The standard InChI is InChI=1S/C19H22Cl2N4O2/c1-24(12-13-9-15(20)11-16(21)10-13)18(26)14-4-7-25(8-5-14)19-22-6-3-17(23-19)27-2/h3,6,9-11,14H,4-5,7-8,12H2,1-2H3. The molecule has 1 aliphatic heterocycles. The first-order chi connectivity index (χ1) is 13.0. The summed E-state index contributed by atoms with van der Waals surface area (Å²) in [5.41, 5.74) is 0.922. The largest absolute Gasteiger partial charge is 0.481 e. The van der Waals surface area contributed by atoms with Gasteiger partial charge in [0.05, 0.1) is 7.11 Å². The molecule has 0 unspecified atom stereocenters. The summed E-state index contributed by atoms with van der Waals surface area (Å²) < 4.78 is 5.15. The smallest absolute Gasteiger partial charge is 0.228 e. The van der Waals surface area contributed by atoms with Crippen molar-refractivity contribution in [2.24, 2.45) is 5.92 Å². The highest BCUT2D eigenvalue weighted by molar-refractivity contribution is 6.34. The maximum atomic E-state index is 12.8. The van der Waals surface area contributed by atoms with Crippen LogP contribution in [0, 0.1) is 5.92 Å². The average Bonchev–Trinajstić information content (AvgIpc) is 2.66. The number of benzene rings is 1. The lowest BCUT2D eigenvalue weighted by Gasteiger charge is -2.33. The molecule has 6 nitrogen and oxygen atoms in total. The monoisotopic (exact) mass is 408 g/mol. The summed E-state index contributed by atoms with van der Waals surface area (Å²) in [4.78, 5) is 25.3. The highest BCUT2D eigenvalue weighted by atomic mass is 35.5. The molecule has 1 saturated heterocycles. The van der Waals surface area contributed by atoms with Crippen LogP contribution in [0.5, 0.6) is 5.88 Å². The van der Waals surface area contributed by atoms with Gasteiger partial charge in [-0.05, 0) is 36.6 Å². The molecule has 2 heterocycles. The number of amides is 1. The highest BCUT2D eigenvalue weighted by Gasteiger charge is 2.28. The Hall–Kier alpha value is -2.05. The molecule has 1 aliphatic rings. The lowest BCUT2D eigenvalue weighted by Crippen LogP contribution is -2.41. The van der Waals surface area contributed by atoms with Crippen molar-refractivity contribution in [1.82, 2.24) is 14.9 Å². The predicted molar refractivity (Wildman–Crippen MR) is 106 cm³/mol. The van der Waals surface area contributed by atoms with E-state index >= 15 is 0 Å². The van der Waals surface area contributed by atoms with Crippen LogP contribution >= 0.6 is 23.2 Å². The van der Waals surface area contributed by atoms with E-state index in [9.17, 15) is 4.79 Å². The SMILES string of the molecule is COc1ccnc(N2CCC(C(=O)N(C)Cc3cc(Cl)cc(Cl)c3)CC2)n1. The van der Waals surface area contributed by atoms with E-state index in [2.05, 4.69) is 14.9 Å². The van der Waals surface area contributed by atoms with Gasteiger partial charge in [0.15, 0.2) is 0 Å². The van der Waals surface area contributed by atoms with E-state index in [1.165, 1.54) is 0 Å². The van der Waals surface area contributed by atoms with Gasteiger partial charge in [0, 0.05) is 54.9 Å². The van der Waals surface area contributed by atoms with Crippen molar-refractivity contribution in [2.75, 3.05) is 32.1 Å². The third-order valence-corrected chi connectivity index (χ3v) is 5.11. The van der Waals surface area contributed by atoms with Crippen LogP contribution in [0.1, 0.15) is 18.4 Å². The van der Waals surface area contributed by atoms with Crippen LogP contribution in [0.3, 0.4) is 0 Å². The Bertz CT molecular complexity index is 790. The predicted octanol–water partition coefficient (Wildman–Crippen LogP) is 3.67. The normalized spacial score (nSPS) is 14.9. The molecular weight excluding hydrogens is 387 g/mol. The Kier molecular flexibility index (Phi) is 6.39. The van der Waals surface area contributed by atoms with Gasteiger partial charge in [-0.3, -0.25) is 4.79 Å². The van der Waals surface area contributed by atoms with Crippen molar-refractivity contribution in [3.05, 3.63) is 46.1 Å². The summed E-state index contributed by atoms with van der Waals surface area (Å²) in [5, 5.41) is 1.15. The summed E-state index contributed by atoms with van der Waals surface area (Å²) in [7, 11) is 3.40. The van der Waals surface area contributed by atoms with Crippen LogP contribution in [0.2, 0.25) is 10.0 Å². The van der Waals surface area contributed by atoms with Gasteiger partial charge in [0.2, 0.25) is 17.7 Å². The third-order valence-electron chi connectivity index (χ3n) is 4.67. The van der Waals surface area contributed by atoms with E-state index in [1.807, 2.05) is 19.2 Å². The van der Waals surface area contributed by atoms with Crippen LogP contribution < -0.4 is 9.64 Å². The molecule has 8 heteroatoms. The van der Waals surface area contributed by atoms with E-state index in [-0.39, 0.29) is 11.8 Å². The van der Waals surface area contributed by atoms with E-state index in [0.29, 0.717) is 28.4 Å². The number of halogens is 2. The molecule has 0 bridgehead atoms. The molecule has 1 aromatic heterocycles. The van der Waals surface area contributed by atoms with Gasteiger partial charge in [0.1, 0.15) is 0 Å². The van der Waals surface area contributed by atoms with Gasteiger partial charge in [-0.25, -0.2) is 4.98 Å². The van der Waals surface area contributed by atoms with Crippen molar-refractivity contribution in [3.63, 3.8) is 0 Å². The number of piperidine rings is 1. The quantitative estimate of drug-likeness (QED) is 0.755. The molecular formula is C19H22Cl2N4O2. The lowest BCUT2D eigenvalue weighted by molar-refractivity contribution is -0.135. The number of methoxy groups -OCH3 is 1. The molecule has 3 rings (SSSR count). The summed E-state index contributed by atoms with van der Waals surface area (Å²) in [6.45, 7) is 1.96. The number of hydrogen-bond acceptors (Lipinski definition) is 5. The van der Waals surface area contributed by atoms with E-state index in [4.69, 9.17) is 27.9 Å². The van der Waals surface area contributed by atoms with Crippen LogP contribution in [0.15, 0.2) is 30.5 Å². The minimum absolute atomic E-state index is 0.00786. The number of aromatic nitrogens is 2. The van der Waals surface area contributed by atoms with Gasteiger partial charge in [-0.2, -0.15) is 4.98 Å². The molecule has 0 aliphatic carbocycles. The van der Waals surface area contributed by atoms with Gasteiger partial charge in [0.25, 0.3) is 0 Å². The number of carbonyl (C=O) groups excluding carboxylic acids is 1. The van der Waals surface area contributed by atoms with Crippen LogP contribution in [-0.4, -0.2) is 48.0 Å². The topological polar surface area (TPSA) is 58.6 Å². The van der Waals surface area contributed by atoms with Crippen LogP contribution in [0.25, 0.3) is 0 Å². The molecule has 0 atom stereocenters.